The maximum atomic E-state index is 13.8. The average Bonchev–Trinajstić information content (AvgIpc) is 3.07. The quantitative estimate of drug-likeness (QED) is 0.887. The lowest BCUT2D eigenvalue weighted by atomic mass is 10.1. The highest BCUT2D eigenvalue weighted by Crippen LogP contribution is 2.17. The van der Waals surface area contributed by atoms with Gasteiger partial charge in [0.15, 0.2) is 0 Å². The highest BCUT2D eigenvalue weighted by atomic mass is 35.5. The van der Waals surface area contributed by atoms with E-state index in [1.807, 2.05) is 18.2 Å². The van der Waals surface area contributed by atoms with Crippen molar-refractivity contribution in [3.63, 3.8) is 0 Å². The first-order valence-electron chi connectivity index (χ1n) is 8.16. The summed E-state index contributed by atoms with van der Waals surface area (Å²) in [5, 5.41) is 3.08. The largest absolute Gasteiger partial charge is 0.348 e. The summed E-state index contributed by atoms with van der Waals surface area (Å²) in [5.74, 6) is -1.04. The molecule has 0 spiro atoms. The van der Waals surface area contributed by atoms with Gasteiger partial charge in [-0.3, -0.25) is 9.69 Å². The molecule has 0 saturated carbocycles. The Balaban J connectivity index is 1.66. The SMILES string of the molecule is O=C(NCc1ccccc1CN1CCCC1)c1ccc(Cl)cc1F. The van der Waals surface area contributed by atoms with E-state index in [1.165, 1.54) is 30.5 Å². The van der Waals surface area contributed by atoms with Gasteiger partial charge in [-0.2, -0.15) is 0 Å². The highest BCUT2D eigenvalue weighted by Gasteiger charge is 2.15. The van der Waals surface area contributed by atoms with E-state index in [1.54, 1.807) is 0 Å². The Labute approximate surface area is 146 Å². The lowest BCUT2D eigenvalue weighted by Gasteiger charge is -2.17. The van der Waals surface area contributed by atoms with Crippen molar-refractivity contribution >= 4 is 17.5 Å². The standard InChI is InChI=1S/C19H20ClFN2O/c20-16-7-8-17(18(21)11-16)19(24)22-12-14-5-1-2-6-15(14)13-23-9-3-4-10-23/h1-2,5-8,11H,3-4,9-10,12-13H2,(H,22,24). The van der Waals surface area contributed by atoms with Gasteiger partial charge in [-0.05, 0) is 55.3 Å². The predicted molar refractivity (Wildman–Crippen MR) is 93.5 cm³/mol. The van der Waals surface area contributed by atoms with Crippen LogP contribution >= 0.6 is 11.6 Å². The van der Waals surface area contributed by atoms with Crippen LogP contribution < -0.4 is 5.32 Å². The molecule has 1 aliphatic rings. The molecule has 3 nitrogen and oxygen atoms in total. The summed E-state index contributed by atoms with van der Waals surface area (Å²) in [5.41, 5.74) is 2.28. The second-order valence-corrected chi connectivity index (χ2v) is 6.50. The monoisotopic (exact) mass is 346 g/mol. The number of likely N-dealkylation sites (tertiary alicyclic amines) is 1. The molecule has 2 aromatic carbocycles. The Bertz CT molecular complexity index is 729. The molecule has 5 heteroatoms. The van der Waals surface area contributed by atoms with E-state index in [0.29, 0.717) is 6.54 Å². The van der Waals surface area contributed by atoms with Gasteiger partial charge >= 0.3 is 0 Å². The third kappa shape index (κ3) is 4.13. The summed E-state index contributed by atoms with van der Waals surface area (Å²) in [6, 6.07) is 12.1. The minimum absolute atomic E-state index is 0.0106. The van der Waals surface area contributed by atoms with E-state index in [0.717, 1.165) is 31.3 Å². The molecule has 24 heavy (non-hydrogen) atoms. The van der Waals surface area contributed by atoms with E-state index in [2.05, 4.69) is 16.3 Å². The molecule has 0 bridgehead atoms. The molecule has 1 saturated heterocycles. The van der Waals surface area contributed by atoms with Gasteiger partial charge in [0.25, 0.3) is 5.91 Å². The van der Waals surface area contributed by atoms with Crippen LogP contribution in [0.3, 0.4) is 0 Å². The van der Waals surface area contributed by atoms with Crippen LogP contribution in [0.5, 0.6) is 0 Å². The van der Waals surface area contributed by atoms with Crippen molar-refractivity contribution in [2.45, 2.75) is 25.9 Å². The van der Waals surface area contributed by atoms with Gasteiger partial charge in [0.2, 0.25) is 0 Å². The van der Waals surface area contributed by atoms with Crippen LogP contribution in [-0.2, 0) is 13.1 Å². The number of carbonyl (C=O) groups excluding carboxylic acids is 1. The summed E-state index contributed by atoms with van der Waals surface area (Å²) in [6.07, 6.45) is 2.49. The molecular weight excluding hydrogens is 327 g/mol. The van der Waals surface area contributed by atoms with Gasteiger partial charge < -0.3 is 5.32 Å². The van der Waals surface area contributed by atoms with Gasteiger partial charge in [-0.1, -0.05) is 35.9 Å². The van der Waals surface area contributed by atoms with Crippen LogP contribution in [0, 0.1) is 5.82 Å². The minimum atomic E-state index is -0.606. The number of rotatable bonds is 5. The fourth-order valence-electron chi connectivity index (χ4n) is 3.01. The first kappa shape index (κ1) is 16.9. The molecule has 0 atom stereocenters. The molecule has 1 N–H and O–H groups in total. The number of benzene rings is 2. The molecule has 0 unspecified atom stereocenters. The molecule has 1 amide bonds. The first-order chi connectivity index (χ1) is 11.6. The second kappa shape index (κ2) is 7.77. The summed E-state index contributed by atoms with van der Waals surface area (Å²) in [4.78, 5) is 14.6. The number of halogens is 2. The molecule has 126 valence electrons. The Morgan fingerprint density at radius 3 is 2.54 bits per heavy atom. The number of nitrogens with one attached hydrogen (secondary N) is 1. The fraction of sp³-hybridized carbons (Fsp3) is 0.316. The average molecular weight is 347 g/mol. The van der Waals surface area contributed by atoms with Gasteiger partial charge in [0.05, 0.1) is 5.56 Å². The number of amides is 1. The van der Waals surface area contributed by atoms with Crippen molar-refractivity contribution in [1.82, 2.24) is 10.2 Å². The zero-order chi connectivity index (χ0) is 16.9. The van der Waals surface area contributed by atoms with E-state index in [9.17, 15) is 9.18 Å². The lowest BCUT2D eigenvalue weighted by molar-refractivity contribution is 0.0946. The van der Waals surface area contributed by atoms with E-state index in [-0.39, 0.29) is 10.6 Å². The maximum Gasteiger partial charge on any atom is 0.254 e. The van der Waals surface area contributed by atoms with Crippen LogP contribution in [0.25, 0.3) is 0 Å². The van der Waals surface area contributed by atoms with Crippen molar-refractivity contribution < 1.29 is 9.18 Å². The van der Waals surface area contributed by atoms with Crippen molar-refractivity contribution in [3.8, 4) is 0 Å². The van der Waals surface area contributed by atoms with E-state index >= 15 is 0 Å². The smallest absolute Gasteiger partial charge is 0.254 e. The zero-order valence-corrected chi connectivity index (χ0v) is 14.2. The van der Waals surface area contributed by atoms with Crippen LogP contribution in [0.15, 0.2) is 42.5 Å². The zero-order valence-electron chi connectivity index (χ0n) is 13.4. The normalized spacial score (nSPS) is 14.8. The van der Waals surface area contributed by atoms with Crippen molar-refractivity contribution in [2.75, 3.05) is 13.1 Å². The Hall–Kier alpha value is -1.91. The van der Waals surface area contributed by atoms with E-state index in [4.69, 9.17) is 11.6 Å². The Kier molecular flexibility index (Phi) is 5.48. The predicted octanol–water partition coefficient (Wildman–Crippen LogP) is 4.00. The maximum absolute atomic E-state index is 13.8. The summed E-state index contributed by atoms with van der Waals surface area (Å²) in [6.45, 7) is 3.51. The molecule has 0 aliphatic carbocycles. The molecule has 0 aromatic heterocycles. The van der Waals surface area contributed by atoms with Crippen LogP contribution in [0.2, 0.25) is 5.02 Å². The molecule has 2 aromatic rings. The molecular formula is C19H20ClFN2O. The topological polar surface area (TPSA) is 32.3 Å². The number of hydrogen-bond acceptors (Lipinski definition) is 2. The first-order valence-corrected chi connectivity index (χ1v) is 8.53. The van der Waals surface area contributed by atoms with E-state index < -0.39 is 11.7 Å². The molecule has 1 fully saturated rings. The highest BCUT2D eigenvalue weighted by molar-refractivity contribution is 6.30. The molecule has 1 heterocycles. The van der Waals surface area contributed by atoms with Crippen LogP contribution in [-0.4, -0.2) is 23.9 Å². The van der Waals surface area contributed by atoms with Crippen molar-refractivity contribution in [2.24, 2.45) is 0 Å². The van der Waals surface area contributed by atoms with Crippen molar-refractivity contribution in [1.29, 1.82) is 0 Å². The number of nitrogens with zero attached hydrogens (tertiary/aromatic N) is 1. The third-order valence-corrected chi connectivity index (χ3v) is 4.56. The minimum Gasteiger partial charge on any atom is -0.348 e. The summed E-state index contributed by atoms with van der Waals surface area (Å²) >= 11 is 5.72. The molecule has 1 aliphatic heterocycles. The van der Waals surface area contributed by atoms with Gasteiger partial charge in [0.1, 0.15) is 5.82 Å². The summed E-state index contributed by atoms with van der Waals surface area (Å²) in [7, 11) is 0. The van der Waals surface area contributed by atoms with Gasteiger partial charge in [-0.15, -0.1) is 0 Å². The van der Waals surface area contributed by atoms with Crippen LogP contribution in [0.4, 0.5) is 4.39 Å². The van der Waals surface area contributed by atoms with Crippen LogP contribution in [0.1, 0.15) is 34.3 Å². The Morgan fingerprint density at radius 2 is 1.83 bits per heavy atom. The third-order valence-electron chi connectivity index (χ3n) is 4.33. The van der Waals surface area contributed by atoms with Gasteiger partial charge in [0, 0.05) is 18.1 Å². The van der Waals surface area contributed by atoms with Gasteiger partial charge in [-0.25, -0.2) is 4.39 Å². The number of carbonyl (C=O) groups is 1. The van der Waals surface area contributed by atoms with Crippen molar-refractivity contribution in [3.05, 3.63) is 70.0 Å². The molecule has 3 rings (SSSR count). The Morgan fingerprint density at radius 1 is 1.12 bits per heavy atom. The molecule has 0 radical (unpaired) electrons. The summed E-state index contributed by atoms with van der Waals surface area (Å²) < 4.78 is 13.8. The fourth-order valence-corrected chi connectivity index (χ4v) is 3.17. The second-order valence-electron chi connectivity index (χ2n) is 6.06. The lowest BCUT2D eigenvalue weighted by Crippen LogP contribution is -2.25. The number of hydrogen-bond donors (Lipinski definition) is 1.